The Balaban J connectivity index is 2.12. The van der Waals surface area contributed by atoms with Crippen LogP contribution in [0, 0.1) is 0 Å². The summed E-state index contributed by atoms with van der Waals surface area (Å²) in [6.07, 6.45) is -0.0137. The predicted octanol–water partition coefficient (Wildman–Crippen LogP) is 4.67. The minimum Gasteiger partial charge on any atom is -0.493 e. The largest absolute Gasteiger partial charge is 0.493 e. The van der Waals surface area contributed by atoms with Crippen LogP contribution in [0.2, 0.25) is 5.02 Å². The van der Waals surface area contributed by atoms with Crippen LogP contribution in [0.1, 0.15) is 25.8 Å². The Kier molecular flexibility index (Phi) is 7.13. The highest BCUT2D eigenvalue weighted by atomic mass is 35.5. The first-order chi connectivity index (χ1) is 14.4. The molecule has 0 amide bonds. The number of ether oxygens (including phenoxy) is 1. The highest BCUT2D eigenvalue weighted by molar-refractivity contribution is 6.30. The molecule has 7 heteroatoms. The third-order valence-corrected chi connectivity index (χ3v) is 5.00. The number of halogens is 1. The van der Waals surface area contributed by atoms with Crippen molar-refractivity contribution in [3.05, 3.63) is 59.1 Å². The van der Waals surface area contributed by atoms with Gasteiger partial charge in [-0.2, -0.15) is 5.10 Å². The molecule has 1 heterocycles. The maximum Gasteiger partial charge on any atom is 0.307 e. The summed E-state index contributed by atoms with van der Waals surface area (Å²) in [6, 6.07) is 14.7. The topological polar surface area (TPSA) is 84.6 Å². The van der Waals surface area contributed by atoms with Crippen LogP contribution in [-0.2, 0) is 17.8 Å². The zero-order chi connectivity index (χ0) is 21.7. The van der Waals surface area contributed by atoms with E-state index >= 15 is 0 Å². The third kappa shape index (κ3) is 5.20. The van der Waals surface area contributed by atoms with Crippen molar-refractivity contribution in [3.8, 4) is 28.3 Å². The minimum atomic E-state index is -0.899. The third-order valence-electron chi connectivity index (χ3n) is 4.75. The number of aliphatic hydroxyl groups excluding tert-OH is 1. The molecule has 0 bridgehead atoms. The summed E-state index contributed by atoms with van der Waals surface area (Å²) in [5.74, 6) is -0.265. The zero-order valence-corrected chi connectivity index (χ0v) is 17.8. The molecule has 1 atom stereocenters. The maximum absolute atomic E-state index is 11.2. The number of carbonyl (C=O) groups is 1. The van der Waals surface area contributed by atoms with Crippen LogP contribution < -0.4 is 4.74 Å². The van der Waals surface area contributed by atoms with Gasteiger partial charge in [-0.3, -0.25) is 9.48 Å². The first kappa shape index (κ1) is 21.9. The second-order valence-electron chi connectivity index (χ2n) is 7.00. The number of nitrogens with zero attached hydrogens (tertiary/aromatic N) is 2. The smallest absolute Gasteiger partial charge is 0.307 e. The molecule has 0 aliphatic rings. The Morgan fingerprint density at radius 2 is 1.90 bits per heavy atom. The number of carboxylic acids is 1. The average Bonchev–Trinajstić information content (AvgIpc) is 3.13. The van der Waals surface area contributed by atoms with Crippen LogP contribution in [-0.4, -0.2) is 38.7 Å². The predicted molar refractivity (Wildman–Crippen MR) is 117 cm³/mol. The lowest BCUT2D eigenvalue weighted by molar-refractivity contribution is -0.136. The molecule has 3 aromatic rings. The van der Waals surface area contributed by atoms with Crippen LogP contribution in [0.4, 0.5) is 0 Å². The van der Waals surface area contributed by atoms with E-state index in [-0.39, 0.29) is 6.42 Å². The van der Waals surface area contributed by atoms with E-state index in [0.717, 1.165) is 16.8 Å². The van der Waals surface area contributed by atoms with Gasteiger partial charge in [0.1, 0.15) is 5.75 Å². The van der Waals surface area contributed by atoms with Crippen molar-refractivity contribution < 1.29 is 19.7 Å². The molecular formula is C23H25ClN2O4. The van der Waals surface area contributed by atoms with Gasteiger partial charge in [0.2, 0.25) is 0 Å². The second kappa shape index (κ2) is 9.78. The van der Waals surface area contributed by atoms with Gasteiger partial charge in [0.15, 0.2) is 0 Å². The molecule has 2 N–H and O–H groups in total. The number of benzene rings is 2. The maximum atomic E-state index is 11.2. The fraction of sp³-hybridized carbons (Fsp3) is 0.304. The summed E-state index contributed by atoms with van der Waals surface area (Å²) in [4.78, 5) is 11.2. The van der Waals surface area contributed by atoms with Crippen LogP contribution >= 0.6 is 11.6 Å². The molecule has 0 aliphatic heterocycles. The first-order valence-corrected chi connectivity index (χ1v) is 10.3. The van der Waals surface area contributed by atoms with Crippen LogP contribution in [0.5, 0.6) is 5.75 Å². The van der Waals surface area contributed by atoms with E-state index in [9.17, 15) is 9.90 Å². The van der Waals surface area contributed by atoms with Crippen molar-refractivity contribution in [2.45, 2.75) is 39.3 Å². The minimum absolute atomic E-state index is 0.0846. The average molecular weight is 429 g/mol. The van der Waals surface area contributed by atoms with E-state index in [1.807, 2.05) is 44.2 Å². The van der Waals surface area contributed by atoms with E-state index in [4.69, 9.17) is 26.5 Å². The molecule has 0 fully saturated rings. The summed E-state index contributed by atoms with van der Waals surface area (Å²) in [6.45, 7) is 4.63. The molecule has 0 saturated carbocycles. The molecule has 158 valence electrons. The number of rotatable bonds is 9. The van der Waals surface area contributed by atoms with Crippen molar-refractivity contribution in [1.82, 2.24) is 9.78 Å². The highest BCUT2D eigenvalue weighted by Crippen LogP contribution is 2.34. The molecule has 0 saturated heterocycles. The van der Waals surface area contributed by atoms with Crippen molar-refractivity contribution in [2.24, 2.45) is 0 Å². The Bertz CT molecular complexity index is 1010. The zero-order valence-electron chi connectivity index (χ0n) is 17.0. The van der Waals surface area contributed by atoms with Gasteiger partial charge in [-0.05, 0) is 54.8 Å². The molecule has 2 aromatic carbocycles. The van der Waals surface area contributed by atoms with E-state index < -0.39 is 12.1 Å². The van der Waals surface area contributed by atoms with Crippen LogP contribution in [0.25, 0.3) is 22.5 Å². The number of aromatic nitrogens is 2. The molecule has 6 nitrogen and oxygen atoms in total. The standard InChI is InChI=1S/C23H25ClN2O4/c1-3-18(27)14-26-21(16-6-8-17(24)9-7-16)13-20(25-26)19-11-15(12-23(28)29)5-10-22(19)30-4-2/h5-11,13,18,27H,3-4,12,14H2,1-2H3,(H,28,29). The van der Waals surface area contributed by atoms with Crippen molar-refractivity contribution in [3.63, 3.8) is 0 Å². The Labute approximate surface area is 180 Å². The summed E-state index contributed by atoms with van der Waals surface area (Å²) in [5.41, 5.74) is 3.79. The van der Waals surface area contributed by atoms with Gasteiger partial charge >= 0.3 is 5.97 Å². The molecule has 1 unspecified atom stereocenters. The van der Waals surface area contributed by atoms with Crippen molar-refractivity contribution >= 4 is 17.6 Å². The monoisotopic (exact) mass is 428 g/mol. The van der Waals surface area contributed by atoms with E-state index in [0.29, 0.717) is 41.6 Å². The van der Waals surface area contributed by atoms with E-state index in [1.54, 1.807) is 22.9 Å². The molecule has 0 radical (unpaired) electrons. The summed E-state index contributed by atoms with van der Waals surface area (Å²) in [5, 5.41) is 24.7. The number of carboxylic acid groups (broad SMARTS) is 1. The molecule has 3 rings (SSSR count). The number of aliphatic hydroxyl groups is 1. The lowest BCUT2D eigenvalue weighted by atomic mass is 10.0. The van der Waals surface area contributed by atoms with Gasteiger partial charge in [0.25, 0.3) is 0 Å². The lowest BCUT2D eigenvalue weighted by Gasteiger charge is -2.12. The fourth-order valence-electron chi connectivity index (χ4n) is 3.21. The van der Waals surface area contributed by atoms with Gasteiger partial charge < -0.3 is 14.9 Å². The van der Waals surface area contributed by atoms with Crippen molar-refractivity contribution in [1.29, 1.82) is 0 Å². The molecule has 30 heavy (non-hydrogen) atoms. The molecule has 0 aliphatic carbocycles. The summed E-state index contributed by atoms with van der Waals surface area (Å²) < 4.78 is 7.53. The number of hydrogen-bond acceptors (Lipinski definition) is 4. The van der Waals surface area contributed by atoms with E-state index in [1.165, 1.54) is 0 Å². The Hall–Kier alpha value is -2.83. The van der Waals surface area contributed by atoms with Gasteiger partial charge in [-0.25, -0.2) is 0 Å². The van der Waals surface area contributed by atoms with Gasteiger partial charge in [0.05, 0.1) is 37.1 Å². The van der Waals surface area contributed by atoms with Gasteiger partial charge in [0, 0.05) is 10.6 Å². The lowest BCUT2D eigenvalue weighted by Crippen LogP contribution is -2.16. The van der Waals surface area contributed by atoms with Gasteiger partial charge in [-0.1, -0.05) is 36.7 Å². The highest BCUT2D eigenvalue weighted by Gasteiger charge is 2.18. The summed E-state index contributed by atoms with van der Waals surface area (Å²) in [7, 11) is 0. The molecule has 1 aromatic heterocycles. The Morgan fingerprint density at radius 1 is 1.17 bits per heavy atom. The molecular weight excluding hydrogens is 404 g/mol. The number of aliphatic carboxylic acids is 1. The van der Waals surface area contributed by atoms with E-state index in [2.05, 4.69) is 0 Å². The number of hydrogen-bond donors (Lipinski definition) is 2. The SMILES string of the molecule is CCOc1ccc(CC(=O)O)cc1-c1cc(-c2ccc(Cl)cc2)n(CC(O)CC)n1. The van der Waals surface area contributed by atoms with Gasteiger partial charge in [-0.15, -0.1) is 0 Å². The van der Waals surface area contributed by atoms with Crippen LogP contribution in [0.3, 0.4) is 0 Å². The normalized spacial score (nSPS) is 12.0. The quantitative estimate of drug-likeness (QED) is 0.517. The molecule has 0 spiro atoms. The fourth-order valence-corrected chi connectivity index (χ4v) is 3.34. The van der Waals surface area contributed by atoms with Crippen LogP contribution in [0.15, 0.2) is 48.5 Å². The first-order valence-electron chi connectivity index (χ1n) is 9.91. The Morgan fingerprint density at radius 3 is 2.53 bits per heavy atom. The van der Waals surface area contributed by atoms with Crippen molar-refractivity contribution in [2.75, 3.05) is 6.61 Å². The summed E-state index contributed by atoms with van der Waals surface area (Å²) >= 11 is 6.03. The second-order valence-corrected chi connectivity index (χ2v) is 7.44.